The summed E-state index contributed by atoms with van der Waals surface area (Å²) in [6.07, 6.45) is -1.66. The van der Waals surface area contributed by atoms with Crippen LogP contribution in [-0.4, -0.2) is 107 Å². The Kier molecular flexibility index (Phi) is 15.3. The maximum atomic E-state index is 12.2. The molecule has 18 heteroatoms. The van der Waals surface area contributed by atoms with Crippen LogP contribution >= 0.6 is 11.6 Å². The lowest BCUT2D eigenvalue weighted by Crippen LogP contribution is -2.67. The molecule has 0 aromatic carbocycles. The Balaban J connectivity index is 0.000000249. The van der Waals surface area contributed by atoms with Gasteiger partial charge in [0.05, 0.1) is 31.5 Å². The summed E-state index contributed by atoms with van der Waals surface area (Å²) < 4.78 is 59.8. The second-order valence-corrected chi connectivity index (χ2v) is 37.2. The van der Waals surface area contributed by atoms with Gasteiger partial charge in [-0.05, 0) is 63.7 Å². The van der Waals surface area contributed by atoms with Crippen molar-refractivity contribution >= 4 is 52.1 Å². The summed E-state index contributed by atoms with van der Waals surface area (Å²) in [5.41, 5.74) is 8.69. The Morgan fingerprint density at radius 3 is 1.29 bits per heavy atom. The third-order valence-electron chi connectivity index (χ3n) is 13.3. The molecule has 5 fully saturated rings. The predicted molar refractivity (Wildman–Crippen MR) is 228 cm³/mol. The Bertz CT molecular complexity index is 1390. The molecule has 324 valence electrons. The van der Waals surface area contributed by atoms with Crippen LogP contribution in [0.3, 0.4) is 0 Å². The zero-order valence-corrected chi connectivity index (χ0v) is 42.2. The van der Waals surface area contributed by atoms with Crippen molar-refractivity contribution in [3.05, 3.63) is 10.4 Å². The number of epoxide rings is 1. The predicted octanol–water partition coefficient (Wildman–Crippen LogP) is 10.0. The average Bonchev–Trinajstić information content (AvgIpc) is 3.61. The molecule has 0 radical (unpaired) electrons. The lowest BCUT2D eigenvalue weighted by Gasteiger charge is -2.52. The van der Waals surface area contributed by atoms with Gasteiger partial charge in [-0.1, -0.05) is 127 Å². The van der Waals surface area contributed by atoms with Crippen molar-refractivity contribution in [2.24, 2.45) is 5.11 Å². The molecule has 0 aromatic rings. The van der Waals surface area contributed by atoms with Crippen LogP contribution in [0.5, 0.6) is 0 Å². The summed E-state index contributed by atoms with van der Waals surface area (Å²) in [5, 5.41) is 3.89. The van der Waals surface area contributed by atoms with Crippen molar-refractivity contribution in [2.75, 3.05) is 13.2 Å². The molecule has 0 saturated carbocycles. The smallest absolute Gasteiger partial charge is 0.335 e. The number of azide groups is 1. The minimum Gasteiger partial charge on any atom is -0.414 e. The van der Waals surface area contributed by atoms with E-state index in [1.54, 1.807) is 6.92 Å². The van der Waals surface area contributed by atoms with Crippen LogP contribution in [-0.2, 0) is 44.9 Å². The Hall–Kier alpha value is -0.222. The standard InChI is InChI=1S/C19H37ClO5Si2.C19H37N3O5Si2/c1-11(2)26(12(3)4)21-10-16-17(19(15(9)22-16)18(20)23-19)24-27(25-26,13(5)6)14(7)8;1-12(2)28(13(3)4)24-10-17-18(19(11-23,21-22-20)16(9)25-17)26-29(27-28,14(5)6)15(7)8/h11-18H,10H2,1-9H3;11-18H,10H2,1-9H3/t15-,16+,17?,18?,19+;16-,17+,18?,19-/m00/s1. The number of hydrogen-bond donors (Lipinski definition) is 0. The molecule has 56 heavy (non-hydrogen) atoms. The summed E-state index contributed by atoms with van der Waals surface area (Å²) in [7, 11) is -10.8. The first-order valence-corrected chi connectivity index (χ1v) is 29.4. The first kappa shape index (κ1) is 48.4. The molecule has 5 heterocycles. The quantitative estimate of drug-likeness (QED) is 0.0394. The second kappa shape index (κ2) is 17.6. The number of alkyl halides is 1. The zero-order valence-electron chi connectivity index (χ0n) is 37.5. The van der Waals surface area contributed by atoms with E-state index in [-0.39, 0.29) is 63.7 Å². The van der Waals surface area contributed by atoms with Gasteiger partial charge in [0.2, 0.25) is 0 Å². The van der Waals surface area contributed by atoms with Crippen molar-refractivity contribution < 1.29 is 44.9 Å². The van der Waals surface area contributed by atoms with Crippen molar-refractivity contribution in [1.29, 1.82) is 0 Å². The van der Waals surface area contributed by atoms with Crippen LogP contribution in [0.4, 0.5) is 0 Å². The van der Waals surface area contributed by atoms with E-state index in [0.717, 1.165) is 0 Å². The summed E-state index contributed by atoms with van der Waals surface area (Å²) >= 11 is 6.43. The van der Waals surface area contributed by atoms with Crippen molar-refractivity contribution in [3.8, 4) is 0 Å². The molecule has 5 rings (SSSR count). The summed E-state index contributed by atoms with van der Waals surface area (Å²) in [6.45, 7) is 39.4. The fourth-order valence-electron chi connectivity index (χ4n) is 9.80. The average molecular weight is 881 g/mol. The first-order valence-electron chi connectivity index (χ1n) is 21.1. The summed E-state index contributed by atoms with van der Waals surface area (Å²) in [5.74, 6) is 0. The van der Waals surface area contributed by atoms with E-state index in [2.05, 4.69) is 121 Å². The minimum atomic E-state index is -2.92. The lowest BCUT2D eigenvalue weighted by atomic mass is 9.90. The fraction of sp³-hybridized carbons (Fsp3) is 0.974. The second-order valence-electron chi connectivity index (χ2n) is 19.1. The van der Waals surface area contributed by atoms with E-state index < -0.39 is 63.7 Å². The van der Waals surface area contributed by atoms with Gasteiger partial charge in [-0.25, -0.2) is 0 Å². The third-order valence-corrected chi connectivity index (χ3v) is 34.2. The number of hydrogen-bond acceptors (Lipinski definition) is 11. The van der Waals surface area contributed by atoms with Gasteiger partial charge < -0.3 is 44.9 Å². The van der Waals surface area contributed by atoms with Crippen LogP contribution in [0.1, 0.15) is 125 Å². The van der Waals surface area contributed by atoms with E-state index >= 15 is 0 Å². The highest BCUT2D eigenvalue weighted by molar-refractivity contribution is 6.84. The number of aldehydes is 1. The third kappa shape index (κ3) is 7.89. The Morgan fingerprint density at radius 1 is 0.625 bits per heavy atom. The maximum absolute atomic E-state index is 12.2. The van der Waals surface area contributed by atoms with Gasteiger partial charge in [0, 0.05) is 4.91 Å². The summed E-state index contributed by atoms with van der Waals surface area (Å²) in [6, 6.07) is 0. The first-order chi connectivity index (χ1) is 25.9. The van der Waals surface area contributed by atoms with Crippen LogP contribution < -0.4 is 0 Å². The van der Waals surface area contributed by atoms with Gasteiger partial charge in [0.1, 0.15) is 24.6 Å². The van der Waals surface area contributed by atoms with E-state index in [9.17, 15) is 10.3 Å². The van der Waals surface area contributed by atoms with Crippen LogP contribution in [0.25, 0.3) is 10.4 Å². The molecule has 5 aliphatic heterocycles. The van der Waals surface area contributed by atoms with E-state index in [1.807, 2.05) is 6.92 Å². The number of fused-ring (bicyclic) bond motifs is 3. The Labute approximate surface area is 346 Å². The molecule has 0 N–H and O–H groups in total. The number of ether oxygens (including phenoxy) is 3. The molecule has 3 unspecified atom stereocenters. The topological polar surface area (TPSA) is 152 Å². The van der Waals surface area contributed by atoms with E-state index in [0.29, 0.717) is 24.0 Å². The minimum absolute atomic E-state index is 0.112. The number of rotatable bonds is 10. The van der Waals surface area contributed by atoms with Gasteiger partial charge in [0.25, 0.3) is 0 Å². The van der Waals surface area contributed by atoms with Gasteiger partial charge >= 0.3 is 34.2 Å². The maximum Gasteiger partial charge on any atom is 0.335 e. The molecule has 0 aliphatic carbocycles. The van der Waals surface area contributed by atoms with Gasteiger partial charge in [-0.15, -0.1) is 0 Å². The number of nitrogens with zero attached hydrogens (tertiary/aromatic N) is 3. The fourth-order valence-corrected chi connectivity index (χ4v) is 32.7. The largest absolute Gasteiger partial charge is 0.414 e. The highest BCUT2D eigenvalue weighted by Crippen LogP contribution is 2.57. The molecule has 1 spiro atoms. The molecule has 9 atom stereocenters. The number of carbonyl (C=O) groups excluding carboxylic acids is 1. The Morgan fingerprint density at radius 2 is 0.964 bits per heavy atom. The normalized spacial score (nSPS) is 37.2. The van der Waals surface area contributed by atoms with Crippen LogP contribution in [0, 0.1) is 0 Å². The zero-order chi connectivity index (χ0) is 42.6. The highest BCUT2D eigenvalue weighted by atomic mass is 35.5. The van der Waals surface area contributed by atoms with Crippen molar-refractivity contribution in [3.63, 3.8) is 0 Å². The molecule has 5 saturated heterocycles. The molecule has 5 aliphatic rings. The molecule has 0 amide bonds. The highest BCUT2D eigenvalue weighted by Gasteiger charge is 2.75. The molecular formula is C38H74ClN3O10Si4. The van der Waals surface area contributed by atoms with Gasteiger partial charge in [-0.3, -0.25) is 0 Å². The monoisotopic (exact) mass is 879 g/mol. The van der Waals surface area contributed by atoms with Crippen LogP contribution in [0.15, 0.2) is 5.11 Å². The van der Waals surface area contributed by atoms with E-state index in [1.165, 1.54) is 0 Å². The molecule has 0 aromatic heterocycles. The van der Waals surface area contributed by atoms with Gasteiger partial charge in [0.15, 0.2) is 16.7 Å². The molecular weight excluding hydrogens is 806 g/mol. The lowest BCUT2D eigenvalue weighted by molar-refractivity contribution is -0.116. The summed E-state index contributed by atoms with van der Waals surface area (Å²) in [4.78, 5) is 15.1. The molecule has 13 nitrogen and oxygen atoms in total. The SMILES string of the molecule is CC(C)[Si]1(C(C)C)OC[C@H]2O[C@@H](C)[C@@]3(OC3Cl)C2O[Si](C(C)C)(C(C)C)O1.CC(C)[Si]1(C(C)C)OC[C@H]2O[C@@H](C)[C@](C=O)(N=[N+]=[N-])C2O[Si](C(C)C)(C(C)C)O1. The molecule has 0 bridgehead atoms. The van der Waals surface area contributed by atoms with Crippen molar-refractivity contribution in [1.82, 2.24) is 0 Å². The number of halogens is 1. The van der Waals surface area contributed by atoms with Gasteiger partial charge in [-0.2, -0.15) is 0 Å². The number of carbonyl (C=O) groups is 1. The van der Waals surface area contributed by atoms with E-state index in [4.69, 9.17) is 51.7 Å². The van der Waals surface area contributed by atoms with Crippen molar-refractivity contribution in [2.45, 2.75) is 222 Å². The van der Waals surface area contributed by atoms with Crippen LogP contribution in [0.2, 0.25) is 44.3 Å².